The molecule has 0 saturated carbocycles. The van der Waals surface area contributed by atoms with Crippen LogP contribution < -0.4 is 5.32 Å². The highest BCUT2D eigenvalue weighted by atomic mass is 16.2. The van der Waals surface area contributed by atoms with E-state index in [1.54, 1.807) is 24.1 Å². The second-order valence-corrected chi connectivity index (χ2v) is 4.93. The van der Waals surface area contributed by atoms with Crippen molar-refractivity contribution in [1.82, 2.24) is 20.4 Å². The van der Waals surface area contributed by atoms with Gasteiger partial charge in [0, 0.05) is 19.2 Å². The molecule has 2 heterocycles. The fourth-order valence-corrected chi connectivity index (χ4v) is 2.11. The molecule has 0 bridgehead atoms. The second-order valence-electron chi connectivity index (χ2n) is 4.93. The van der Waals surface area contributed by atoms with Crippen LogP contribution >= 0.6 is 0 Å². The van der Waals surface area contributed by atoms with Crippen molar-refractivity contribution in [1.29, 1.82) is 0 Å². The highest BCUT2D eigenvalue weighted by Gasteiger charge is 2.39. The lowest BCUT2D eigenvalue weighted by Gasteiger charge is -2.30. The molecule has 0 radical (unpaired) electrons. The van der Waals surface area contributed by atoms with Crippen LogP contribution in [0.25, 0.3) is 0 Å². The quantitative estimate of drug-likeness (QED) is 0.860. The van der Waals surface area contributed by atoms with Crippen LogP contribution in [0.3, 0.4) is 0 Å². The fraction of sp³-hybridized carbons (Fsp3) is 0.538. The number of nitrogens with zero attached hydrogens (tertiary/aromatic N) is 3. The molecule has 0 spiro atoms. The number of aromatic nitrogens is 2. The number of rotatable bonds is 3. The van der Waals surface area contributed by atoms with Crippen LogP contribution in [0.4, 0.5) is 0 Å². The maximum absolute atomic E-state index is 12.5. The Morgan fingerprint density at radius 2 is 2.26 bits per heavy atom. The highest BCUT2D eigenvalue weighted by Crippen LogP contribution is 2.18. The van der Waals surface area contributed by atoms with Crippen molar-refractivity contribution >= 4 is 11.8 Å². The van der Waals surface area contributed by atoms with Gasteiger partial charge in [-0.1, -0.05) is 6.92 Å². The number of carbonyl (C=O) groups is 2. The van der Waals surface area contributed by atoms with Gasteiger partial charge < -0.3 is 10.2 Å². The summed E-state index contributed by atoms with van der Waals surface area (Å²) in [5.41, 5.74) is -0.0980. The van der Waals surface area contributed by atoms with Gasteiger partial charge in [0.25, 0.3) is 0 Å². The molecule has 19 heavy (non-hydrogen) atoms. The molecule has 6 nitrogen and oxygen atoms in total. The standard InChI is InChI=1S/C13H18N4O2/c1-3-13(2)12(19)17(8-6-11(18)15-13)9-10-5-4-7-14-16-10/h4-5,7H,3,6,8-9H2,1-2H3,(H,15,18). The maximum atomic E-state index is 12.5. The van der Waals surface area contributed by atoms with Crippen LogP contribution in [0.2, 0.25) is 0 Å². The van der Waals surface area contributed by atoms with Crippen LogP contribution in [0.5, 0.6) is 0 Å². The average Bonchev–Trinajstić information content (AvgIpc) is 2.52. The zero-order valence-electron chi connectivity index (χ0n) is 11.2. The van der Waals surface area contributed by atoms with Crippen molar-refractivity contribution in [3.8, 4) is 0 Å². The number of amides is 2. The number of carbonyl (C=O) groups excluding carboxylic acids is 2. The molecule has 1 saturated heterocycles. The summed E-state index contributed by atoms with van der Waals surface area (Å²) >= 11 is 0. The van der Waals surface area contributed by atoms with Gasteiger partial charge in [0.2, 0.25) is 11.8 Å². The Bertz CT molecular complexity index is 477. The molecule has 1 aliphatic rings. The Balaban J connectivity index is 2.20. The summed E-state index contributed by atoms with van der Waals surface area (Å²) in [5, 5.41) is 10.6. The highest BCUT2D eigenvalue weighted by molar-refractivity contribution is 5.93. The van der Waals surface area contributed by atoms with Crippen LogP contribution in [0, 0.1) is 0 Å². The van der Waals surface area contributed by atoms with Crippen molar-refractivity contribution < 1.29 is 9.59 Å². The van der Waals surface area contributed by atoms with Gasteiger partial charge in [0.05, 0.1) is 12.2 Å². The van der Waals surface area contributed by atoms with Crippen LogP contribution in [0.1, 0.15) is 32.4 Å². The zero-order valence-corrected chi connectivity index (χ0v) is 11.2. The normalized spacial score (nSPS) is 24.0. The van der Waals surface area contributed by atoms with Gasteiger partial charge in [-0.3, -0.25) is 9.59 Å². The molecule has 2 rings (SSSR count). The van der Waals surface area contributed by atoms with E-state index in [-0.39, 0.29) is 11.8 Å². The molecule has 0 aliphatic carbocycles. The summed E-state index contributed by atoms with van der Waals surface area (Å²) in [7, 11) is 0. The van der Waals surface area contributed by atoms with E-state index < -0.39 is 5.54 Å². The lowest BCUT2D eigenvalue weighted by Crippen LogP contribution is -2.54. The maximum Gasteiger partial charge on any atom is 0.248 e. The van der Waals surface area contributed by atoms with Gasteiger partial charge in [-0.25, -0.2) is 0 Å². The van der Waals surface area contributed by atoms with E-state index in [0.717, 1.165) is 5.69 Å². The molecule has 0 aromatic carbocycles. The van der Waals surface area contributed by atoms with Gasteiger partial charge in [0.1, 0.15) is 5.54 Å². The summed E-state index contributed by atoms with van der Waals surface area (Å²) in [4.78, 5) is 25.9. The minimum absolute atomic E-state index is 0.0634. The fourth-order valence-electron chi connectivity index (χ4n) is 2.11. The molecule has 1 aromatic rings. The molecule has 102 valence electrons. The Hall–Kier alpha value is -1.98. The van der Waals surface area contributed by atoms with E-state index in [1.807, 2.05) is 13.0 Å². The first-order valence-corrected chi connectivity index (χ1v) is 6.42. The molecule has 1 fully saturated rings. The summed E-state index contributed by atoms with van der Waals surface area (Å²) in [5.74, 6) is -0.147. The first-order valence-electron chi connectivity index (χ1n) is 6.42. The van der Waals surface area contributed by atoms with E-state index in [0.29, 0.717) is 25.9 Å². The van der Waals surface area contributed by atoms with Gasteiger partial charge in [-0.15, -0.1) is 0 Å². The van der Waals surface area contributed by atoms with Gasteiger partial charge in [-0.05, 0) is 25.5 Å². The number of hydrogen-bond acceptors (Lipinski definition) is 4. The first-order chi connectivity index (χ1) is 9.05. The molecular weight excluding hydrogens is 244 g/mol. The van der Waals surface area contributed by atoms with E-state index >= 15 is 0 Å². The van der Waals surface area contributed by atoms with Crippen LogP contribution in [0.15, 0.2) is 18.3 Å². The van der Waals surface area contributed by atoms with E-state index in [2.05, 4.69) is 15.5 Å². The van der Waals surface area contributed by atoms with Gasteiger partial charge in [0.15, 0.2) is 0 Å². The summed E-state index contributed by atoms with van der Waals surface area (Å²) < 4.78 is 0. The van der Waals surface area contributed by atoms with E-state index in [9.17, 15) is 9.59 Å². The smallest absolute Gasteiger partial charge is 0.248 e. The average molecular weight is 262 g/mol. The molecule has 2 amide bonds. The molecule has 1 unspecified atom stereocenters. The summed E-state index contributed by atoms with van der Waals surface area (Å²) in [6, 6.07) is 3.61. The third-order valence-electron chi connectivity index (χ3n) is 3.47. The van der Waals surface area contributed by atoms with Crippen LogP contribution in [-0.2, 0) is 16.1 Å². The van der Waals surface area contributed by atoms with E-state index in [4.69, 9.17) is 0 Å². The summed E-state index contributed by atoms with van der Waals surface area (Å²) in [6.45, 7) is 4.46. The van der Waals surface area contributed by atoms with Crippen molar-refractivity contribution in [2.75, 3.05) is 6.54 Å². The third-order valence-corrected chi connectivity index (χ3v) is 3.47. The minimum Gasteiger partial charge on any atom is -0.342 e. The lowest BCUT2D eigenvalue weighted by molar-refractivity contribution is -0.138. The second kappa shape index (κ2) is 5.34. The van der Waals surface area contributed by atoms with Gasteiger partial charge in [-0.2, -0.15) is 10.2 Å². The van der Waals surface area contributed by atoms with Crippen molar-refractivity contribution in [2.45, 2.75) is 38.8 Å². The van der Waals surface area contributed by atoms with Crippen molar-refractivity contribution in [3.05, 3.63) is 24.0 Å². The monoisotopic (exact) mass is 262 g/mol. The Morgan fingerprint density at radius 3 is 2.89 bits per heavy atom. The molecule has 1 N–H and O–H groups in total. The Kier molecular flexibility index (Phi) is 3.78. The molecule has 1 aliphatic heterocycles. The number of hydrogen-bond donors (Lipinski definition) is 1. The van der Waals surface area contributed by atoms with E-state index in [1.165, 1.54) is 0 Å². The Labute approximate surface area is 112 Å². The largest absolute Gasteiger partial charge is 0.342 e. The number of nitrogens with one attached hydrogen (secondary N) is 1. The minimum atomic E-state index is -0.824. The van der Waals surface area contributed by atoms with Crippen molar-refractivity contribution in [2.24, 2.45) is 0 Å². The summed E-state index contributed by atoms with van der Waals surface area (Å²) in [6.07, 6.45) is 2.48. The zero-order chi connectivity index (χ0) is 13.9. The SMILES string of the molecule is CCC1(C)NC(=O)CCN(Cc2cccnn2)C1=O. The molecular formula is C13H18N4O2. The third kappa shape index (κ3) is 2.89. The molecule has 6 heteroatoms. The lowest BCUT2D eigenvalue weighted by atomic mass is 9.97. The molecule has 1 aromatic heterocycles. The first kappa shape index (κ1) is 13.5. The van der Waals surface area contributed by atoms with Crippen LogP contribution in [-0.4, -0.2) is 39.0 Å². The van der Waals surface area contributed by atoms with Gasteiger partial charge >= 0.3 is 0 Å². The predicted octanol–water partition coefficient (Wildman–Crippen LogP) is 0.494. The topological polar surface area (TPSA) is 75.2 Å². The van der Waals surface area contributed by atoms with Crippen molar-refractivity contribution in [3.63, 3.8) is 0 Å². The Morgan fingerprint density at radius 1 is 1.47 bits per heavy atom. The molecule has 1 atom stereocenters. The predicted molar refractivity (Wildman–Crippen MR) is 68.9 cm³/mol.